The first kappa shape index (κ1) is 19.5. The highest BCUT2D eigenvalue weighted by atomic mass is 35.5. The number of amides is 1. The summed E-state index contributed by atoms with van der Waals surface area (Å²) in [6.07, 6.45) is 2.39. The number of nitrogens with one attached hydrogen (secondary N) is 1. The van der Waals surface area contributed by atoms with E-state index in [1.54, 1.807) is 0 Å². The van der Waals surface area contributed by atoms with Crippen LogP contribution < -0.4 is 11.1 Å². The van der Waals surface area contributed by atoms with Crippen molar-refractivity contribution >= 4 is 29.1 Å². The Balaban J connectivity index is 0.00000264. The Morgan fingerprint density at radius 3 is 2.39 bits per heavy atom. The third-order valence-electron chi connectivity index (χ3n) is 4.79. The quantitative estimate of drug-likeness (QED) is 0.811. The van der Waals surface area contributed by atoms with Crippen LogP contribution in [0, 0.1) is 5.41 Å². The molecule has 3 nitrogen and oxygen atoms in total. The van der Waals surface area contributed by atoms with Crippen LogP contribution in [-0.2, 0) is 11.2 Å². The maximum Gasteiger partial charge on any atom is 0.227 e. The zero-order valence-corrected chi connectivity index (χ0v) is 14.8. The van der Waals surface area contributed by atoms with Gasteiger partial charge < -0.3 is 11.1 Å². The lowest BCUT2D eigenvalue weighted by Crippen LogP contribution is -2.45. The molecule has 0 saturated carbocycles. The van der Waals surface area contributed by atoms with Crippen molar-refractivity contribution in [1.29, 1.82) is 0 Å². The standard InChI is InChI=1S/C19H26N2O.ClH/c1-3-19(4-2,14-20)18(22)21-13-12-16-10-7-9-15-8-5-6-11-17(15)16;/h5-11H,3-4,12-14,20H2,1-2H3,(H,21,22);1H. The normalized spacial score (nSPS) is 11.1. The Labute approximate surface area is 145 Å². The minimum atomic E-state index is -0.418. The maximum absolute atomic E-state index is 12.4. The monoisotopic (exact) mass is 334 g/mol. The van der Waals surface area contributed by atoms with Gasteiger partial charge in [-0.15, -0.1) is 12.4 Å². The predicted molar refractivity (Wildman–Crippen MR) is 100.0 cm³/mol. The van der Waals surface area contributed by atoms with Gasteiger partial charge in [0.25, 0.3) is 0 Å². The molecule has 3 N–H and O–H groups in total. The van der Waals surface area contributed by atoms with E-state index in [1.165, 1.54) is 16.3 Å². The Kier molecular flexibility index (Phi) is 7.53. The molecule has 0 heterocycles. The van der Waals surface area contributed by atoms with Crippen LogP contribution in [0.2, 0.25) is 0 Å². The molecule has 2 rings (SSSR count). The molecule has 0 atom stereocenters. The van der Waals surface area contributed by atoms with Crippen molar-refractivity contribution in [3.63, 3.8) is 0 Å². The highest BCUT2D eigenvalue weighted by Crippen LogP contribution is 2.25. The fourth-order valence-electron chi connectivity index (χ4n) is 2.96. The zero-order chi connectivity index (χ0) is 16.0. The summed E-state index contributed by atoms with van der Waals surface area (Å²) in [5.41, 5.74) is 6.68. The third kappa shape index (κ3) is 4.24. The first-order valence-electron chi connectivity index (χ1n) is 8.12. The number of hydrogen-bond acceptors (Lipinski definition) is 2. The third-order valence-corrected chi connectivity index (χ3v) is 4.79. The molecule has 23 heavy (non-hydrogen) atoms. The van der Waals surface area contributed by atoms with Gasteiger partial charge in [0.2, 0.25) is 5.91 Å². The Morgan fingerprint density at radius 1 is 1.09 bits per heavy atom. The van der Waals surface area contributed by atoms with Crippen LogP contribution in [0.1, 0.15) is 32.3 Å². The maximum atomic E-state index is 12.4. The van der Waals surface area contributed by atoms with Gasteiger partial charge in [-0.1, -0.05) is 56.3 Å². The van der Waals surface area contributed by atoms with Crippen molar-refractivity contribution in [2.75, 3.05) is 13.1 Å². The second kappa shape index (κ2) is 8.90. The summed E-state index contributed by atoms with van der Waals surface area (Å²) in [4.78, 5) is 12.4. The van der Waals surface area contributed by atoms with E-state index in [1.807, 2.05) is 19.9 Å². The van der Waals surface area contributed by atoms with Crippen LogP contribution >= 0.6 is 12.4 Å². The number of carbonyl (C=O) groups excluding carboxylic acids is 1. The molecule has 126 valence electrons. The summed E-state index contributed by atoms with van der Waals surface area (Å²) in [5, 5.41) is 5.57. The molecule has 0 radical (unpaired) electrons. The van der Waals surface area contributed by atoms with Gasteiger partial charge in [-0.25, -0.2) is 0 Å². The van der Waals surface area contributed by atoms with Gasteiger partial charge in [0.1, 0.15) is 0 Å². The Bertz CT molecular complexity index is 625. The van der Waals surface area contributed by atoms with E-state index in [9.17, 15) is 4.79 Å². The van der Waals surface area contributed by atoms with Crippen LogP contribution in [0.4, 0.5) is 0 Å². The van der Waals surface area contributed by atoms with Gasteiger partial charge in [-0.2, -0.15) is 0 Å². The zero-order valence-electron chi connectivity index (χ0n) is 14.0. The summed E-state index contributed by atoms with van der Waals surface area (Å²) in [6, 6.07) is 14.7. The van der Waals surface area contributed by atoms with Crippen molar-refractivity contribution in [2.24, 2.45) is 11.1 Å². The molecule has 0 unspecified atom stereocenters. The summed E-state index contributed by atoms with van der Waals surface area (Å²) in [7, 11) is 0. The lowest BCUT2D eigenvalue weighted by Gasteiger charge is -2.28. The largest absolute Gasteiger partial charge is 0.355 e. The molecule has 2 aromatic carbocycles. The molecule has 0 spiro atoms. The Morgan fingerprint density at radius 2 is 1.74 bits per heavy atom. The molecule has 0 aliphatic heterocycles. The first-order chi connectivity index (χ1) is 10.7. The topological polar surface area (TPSA) is 55.1 Å². The van der Waals surface area contributed by atoms with Crippen LogP contribution in [0.3, 0.4) is 0 Å². The minimum Gasteiger partial charge on any atom is -0.355 e. The second-order valence-corrected chi connectivity index (χ2v) is 5.84. The van der Waals surface area contributed by atoms with Gasteiger partial charge in [-0.3, -0.25) is 4.79 Å². The van der Waals surface area contributed by atoms with Gasteiger partial charge in [0.05, 0.1) is 5.41 Å². The average molecular weight is 335 g/mol. The highest BCUT2D eigenvalue weighted by Gasteiger charge is 2.32. The van der Waals surface area contributed by atoms with Gasteiger partial charge in [0.15, 0.2) is 0 Å². The minimum absolute atomic E-state index is 0. The number of fused-ring (bicyclic) bond motifs is 1. The van der Waals surface area contributed by atoms with E-state index in [2.05, 4.69) is 41.7 Å². The highest BCUT2D eigenvalue weighted by molar-refractivity contribution is 5.86. The SMILES string of the molecule is CCC(CC)(CN)C(=O)NCCc1cccc2ccccc12.Cl. The van der Waals surface area contributed by atoms with E-state index < -0.39 is 5.41 Å². The van der Waals surface area contributed by atoms with Crippen LogP contribution in [0.25, 0.3) is 10.8 Å². The summed E-state index contributed by atoms with van der Waals surface area (Å²) < 4.78 is 0. The van der Waals surface area contributed by atoms with Gasteiger partial charge >= 0.3 is 0 Å². The van der Waals surface area contributed by atoms with Crippen LogP contribution in [-0.4, -0.2) is 19.0 Å². The van der Waals surface area contributed by atoms with Gasteiger partial charge in [0, 0.05) is 13.1 Å². The first-order valence-corrected chi connectivity index (χ1v) is 8.12. The fraction of sp³-hybridized carbons (Fsp3) is 0.421. The van der Waals surface area contributed by atoms with Crippen molar-refractivity contribution in [2.45, 2.75) is 33.1 Å². The molecule has 0 aromatic heterocycles. The molecule has 2 aromatic rings. The number of rotatable bonds is 7. The summed E-state index contributed by atoms with van der Waals surface area (Å²) in [5.74, 6) is 0.0836. The smallest absolute Gasteiger partial charge is 0.227 e. The summed E-state index contributed by atoms with van der Waals surface area (Å²) in [6.45, 7) is 5.11. The molecule has 0 fully saturated rings. The van der Waals surface area contributed by atoms with Crippen molar-refractivity contribution < 1.29 is 4.79 Å². The molecular formula is C19H27ClN2O. The molecule has 0 aliphatic carbocycles. The molecule has 0 bridgehead atoms. The van der Waals surface area contributed by atoms with E-state index in [0.29, 0.717) is 13.1 Å². The lowest BCUT2D eigenvalue weighted by atomic mass is 9.81. The van der Waals surface area contributed by atoms with Crippen LogP contribution in [0.5, 0.6) is 0 Å². The lowest BCUT2D eigenvalue weighted by molar-refractivity contribution is -0.131. The number of hydrogen-bond donors (Lipinski definition) is 2. The van der Waals surface area contributed by atoms with E-state index >= 15 is 0 Å². The number of benzene rings is 2. The molecule has 0 aliphatic rings. The summed E-state index contributed by atoms with van der Waals surface area (Å²) >= 11 is 0. The Hall–Kier alpha value is -1.58. The van der Waals surface area contributed by atoms with Crippen molar-refractivity contribution in [3.8, 4) is 0 Å². The molecular weight excluding hydrogens is 308 g/mol. The number of nitrogens with two attached hydrogens (primary N) is 1. The number of carbonyl (C=O) groups is 1. The molecule has 4 heteroatoms. The average Bonchev–Trinajstić information content (AvgIpc) is 2.57. The van der Waals surface area contributed by atoms with Gasteiger partial charge in [-0.05, 0) is 35.6 Å². The van der Waals surface area contributed by atoms with Crippen LogP contribution in [0.15, 0.2) is 42.5 Å². The van der Waals surface area contributed by atoms with Crippen molar-refractivity contribution in [3.05, 3.63) is 48.0 Å². The molecule has 1 amide bonds. The van der Waals surface area contributed by atoms with E-state index in [4.69, 9.17) is 5.73 Å². The second-order valence-electron chi connectivity index (χ2n) is 5.84. The fourth-order valence-corrected chi connectivity index (χ4v) is 2.96. The number of halogens is 1. The van der Waals surface area contributed by atoms with E-state index in [0.717, 1.165) is 19.3 Å². The van der Waals surface area contributed by atoms with E-state index in [-0.39, 0.29) is 18.3 Å². The predicted octanol–water partition coefficient (Wildman–Crippen LogP) is 3.69. The van der Waals surface area contributed by atoms with Crippen molar-refractivity contribution in [1.82, 2.24) is 5.32 Å². The molecule has 0 saturated heterocycles.